The van der Waals surface area contributed by atoms with Crippen LogP contribution in [0.5, 0.6) is 0 Å². The van der Waals surface area contributed by atoms with E-state index in [1.165, 1.54) is 16.7 Å². The van der Waals surface area contributed by atoms with Gasteiger partial charge < -0.3 is 20.1 Å². The van der Waals surface area contributed by atoms with Gasteiger partial charge in [-0.05, 0) is 31.0 Å². The van der Waals surface area contributed by atoms with E-state index in [0.29, 0.717) is 22.7 Å². The molecule has 2 aromatic carbocycles. The Kier molecular flexibility index (Phi) is 7.11. The van der Waals surface area contributed by atoms with Crippen LogP contribution in [0.3, 0.4) is 0 Å². The number of ether oxygens (including phenoxy) is 1. The molecule has 2 bridgehead atoms. The zero-order valence-corrected chi connectivity index (χ0v) is 22.6. The number of amides is 2. The number of nitrogens with zero attached hydrogens (tertiary/aromatic N) is 1. The highest BCUT2D eigenvalue weighted by Gasteiger charge is 2.76. The highest BCUT2D eigenvalue weighted by molar-refractivity contribution is 9.09. The number of benzene rings is 2. The van der Waals surface area contributed by atoms with Crippen LogP contribution < -0.4 is 5.32 Å². The summed E-state index contributed by atoms with van der Waals surface area (Å²) < 4.78 is 4.52. The first kappa shape index (κ1) is 25.6. The minimum atomic E-state index is -0.932. The molecule has 0 radical (unpaired) electrons. The molecule has 7 nitrogen and oxygen atoms in total. The molecule has 3 saturated heterocycles. The van der Waals surface area contributed by atoms with E-state index in [0.717, 1.165) is 0 Å². The fourth-order valence-electron chi connectivity index (χ4n) is 6.00. The minimum Gasteiger partial charge on any atom is -0.466 e. The van der Waals surface area contributed by atoms with Crippen LogP contribution in [-0.2, 0) is 19.1 Å². The average molecular weight is 594 g/mol. The van der Waals surface area contributed by atoms with Gasteiger partial charge in [0.05, 0.1) is 46.5 Å². The van der Waals surface area contributed by atoms with Crippen molar-refractivity contribution in [3.05, 3.63) is 65.2 Å². The predicted octanol–water partition coefficient (Wildman–Crippen LogP) is 4.04. The summed E-state index contributed by atoms with van der Waals surface area (Å²) in [7, 11) is 0. The summed E-state index contributed by atoms with van der Waals surface area (Å²) in [4.78, 5) is 42.7. The number of anilines is 1. The molecular weight excluding hydrogens is 568 g/mol. The van der Waals surface area contributed by atoms with Crippen LogP contribution in [0.25, 0.3) is 0 Å². The zero-order valence-electron chi connectivity index (χ0n) is 19.5. The third-order valence-corrected chi connectivity index (χ3v) is 10.9. The lowest BCUT2D eigenvalue weighted by Crippen LogP contribution is -2.53. The molecule has 3 fully saturated rings. The van der Waals surface area contributed by atoms with Crippen molar-refractivity contribution >= 4 is 62.8 Å². The number of carbonyl (C=O) groups excluding carboxylic acids is 3. The maximum atomic E-state index is 14.2. The van der Waals surface area contributed by atoms with Crippen molar-refractivity contribution in [2.75, 3.05) is 18.5 Å². The van der Waals surface area contributed by atoms with Gasteiger partial charge in [-0.15, -0.1) is 11.8 Å². The van der Waals surface area contributed by atoms with Gasteiger partial charge in [0.15, 0.2) is 0 Å². The van der Waals surface area contributed by atoms with Gasteiger partial charge in [0.1, 0.15) is 6.04 Å². The summed E-state index contributed by atoms with van der Waals surface area (Å²) >= 11 is 11.6. The van der Waals surface area contributed by atoms with Crippen molar-refractivity contribution < 1.29 is 24.2 Å². The van der Waals surface area contributed by atoms with Crippen LogP contribution >= 0.6 is 39.3 Å². The van der Waals surface area contributed by atoms with Crippen molar-refractivity contribution in [1.29, 1.82) is 0 Å². The van der Waals surface area contributed by atoms with E-state index in [1.54, 1.807) is 31.2 Å². The average Bonchev–Trinajstić information content (AvgIpc) is 3.46. The van der Waals surface area contributed by atoms with E-state index in [9.17, 15) is 19.5 Å². The van der Waals surface area contributed by atoms with E-state index >= 15 is 0 Å². The SMILES string of the molecule is CCOC(=O)[C@H]1[C@H]2C(=O)N([C@H](CO)c3ccccc3)C(C(=O)Nc3ccccc3Cl)C23CC(Br)[C@@H]1S3. The molecule has 3 aliphatic heterocycles. The molecule has 0 saturated carbocycles. The Balaban J connectivity index is 1.62. The van der Waals surface area contributed by atoms with Crippen molar-refractivity contribution in [3.63, 3.8) is 0 Å². The number of esters is 1. The smallest absolute Gasteiger partial charge is 0.310 e. The predicted molar refractivity (Wildman–Crippen MR) is 142 cm³/mol. The number of alkyl halides is 1. The van der Waals surface area contributed by atoms with Crippen molar-refractivity contribution in [2.45, 2.75) is 40.3 Å². The molecule has 5 rings (SSSR count). The topological polar surface area (TPSA) is 95.9 Å². The van der Waals surface area contributed by atoms with Gasteiger partial charge in [-0.3, -0.25) is 14.4 Å². The van der Waals surface area contributed by atoms with Crippen LogP contribution in [0.15, 0.2) is 54.6 Å². The number of rotatable bonds is 7. The number of thioether (sulfide) groups is 1. The van der Waals surface area contributed by atoms with E-state index < -0.39 is 40.5 Å². The quantitative estimate of drug-likeness (QED) is 0.372. The summed E-state index contributed by atoms with van der Waals surface area (Å²) in [6.07, 6.45) is 0.526. The molecule has 2 N–H and O–H groups in total. The molecule has 2 aromatic rings. The van der Waals surface area contributed by atoms with Gasteiger partial charge in [-0.2, -0.15) is 0 Å². The molecule has 0 aromatic heterocycles. The molecule has 36 heavy (non-hydrogen) atoms. The Morgan fingerprint density at radius 1 is 1.25 bits per heavy atom. The van der Waals surface area contributed by atoms with Gasteiger partial charge in [-0.1, -0.05) is 70.0 Å². The second-order valence-corrected chi connectivity index (χ2v) is 12.4. The monoisotopic (exact) mass is 592 g/mol. The number of para-hydroxylation sites is 1. The fraction of sp³-hybridized carbons (Fsp3) is 0.423. The van der Waals surface area contributed by atoms with E-state index in [1.807, 2.05) is 30.3 Å². The van der Waals surface area contributed by atoms with Crippen LogP contribution in [0.2, 0.25) is 5.02 Å². The van der Waals surface area contributed by atoms with E-state index in [2.05, 4.69) is 21.2 Å². The summed E-state index contributed by atoms with van der Waals surface area (Å²) in [6.45, 7) is 1.57. The first-order valence-electron chi connectivity index (χ1n) is 11.9. The van der Waals surface area contributed by atoms with Gasteiger partial charge >= 0.3 is 5.97 Å². The standard InChI is InChI=1S/C26H26BrClN2O5S/c1-2-35-25(34)19-20-24(33)30(18(13-31)14-8-4-3-5-9-14)22(26(20)12-15(27)21(19)36-26)23(32)29-17-11-7-6-10-16(17)28/h3-11,15,18-22,31H,2,12-13H2,1H3,(H,29,32)/t15?,18-,19+,20+,21+,22?,26?/m1/s1. The lowest BCUT2D eigenvalue weighted by Gasteiger charge is -2.37. The van der Waals surface area contributed by atoms with Gasteiger partial charge in [0.25, 0.3) is 0 Å². The molecule has 0 aliphatic carbocycles. The van der Waals surface area contributed by atoms with E-state index in [4.69, 9.17) is 16.3 Å². The summed E-state index contributed by atoms with van der Waals surface area (Å²) in [6, 6.07) is 14.4. The highest BCUT2D eigenvalue weighted by Crippen LogP contribution is 2.68. The van der Waals surface area contributed by atoms with Crippen LogP contribution in [0.4, 0.5) is 5.69 Å². The third kappa shape index (κ3) is 3.95. The molecule has 190 valence electrons. The number of aliphatic hydroxyl groups is 1. The Bertz CT molecular complexity index is 1190. The van der Waals surface area contributed by atoms with Crippen molar-refractivity contribution in [3.8, 4) is 0 Å². The second-order valence-electron chi connectivity index (χ2n) is 9.24. The van der Waals surface area contributed by atoms with Gasteiger partial charge in [0.2, 0.25) is 11.8 Å². The Hall–Kier alpha value is -2.07. The van der Waals surface area contributed by atoms with E-state index in [-0.39, 0.29) is 29.2 Å². The largest absolute Gasteiger partial charge is 0.466 e. The highest BCUT2D eigenvalue weighted by atomic mass is 79.9. The summed E-state index contributed by atoms with van der Waals surface area (Å²) in [5.41, 5.74) is 1.15. The van der Waals surface area contributed by atoms with Crippen molar-refractivity contribution in [2.24, 2.45) is 11.8 Å². The van der Waals surface area contributed by atoms with Crippen LogP contribution in [-0.4, -0.2) is 61.9 Å². The fourth-order valence-corrected chi connectivity index (χ4v) is 9.77. The lowest BCUT2D eigenvalue weighted by atomic mass is 9.71. The number of nitrogens with one attached hydrogen (secondary N) is 1. The maximum absolute atomic E-state index is 14.2. The molecule has 10 heteroatoms. The summed E-state index contributed by atoms with van der Waals surface area (Å²) in [5, 5.41) is 13.6. The molecular formula is C26H26BrClN2O5S. The maximum Gasteiger partial charge on any atom is 0.310 e. The zero-order chi connectivity index (χ0) is 25.6. The second kappa shape index (κ2) is 10.0. The number of likely N-dealkylation sites (tertiary alicyclic amines) is 1. The molecule has 7 atom stereocenters. The third-order valence-electron chi connectivity index (χ3n) is 7.36. The number of carbonyl (C=O) groups is 3. The summed E-state index contributed by atoms with van der Waals surface area (Å²) in [5.74, 6) is -2.56. The molecule has 3 heterocycles. The number of hydrogen-bond acceptors (Lipinski definition) is 6. The number of fused-ring (bicyclic) bond motifs is 1. The Morgan fingerprint density at radius 3 is 2.61 bits per heavy atom. The molecule has 3 aliphatic rings. The number of halogens is 2. The molecule has 1 spiro atoms. The minimum absolute atomic E-state index is 0.0687. The molecule has 2 amide bonds. The van der Waals surface area contributed by atoms with Crippen LogP contribution in [0, 0.1) is 11.8 Å². The van der Waals surface area contributed by atoms with Crippen molar-refractivity contribution in [1.82, 2.24) is 4.90 Å². The Labute approximate surface area is 227 Å². The number of hydrogen-bond donors (Lipinski definition) is 2. The normalized spacial score (nSPS) is 31.3. The van der Waals surface area contributed by atoms with Gasteiger partial charge in [0, 0.05) is 10.1 Å². The first-order valence-corrected chi connectivity index (χ1v) is 14.0. The Morgan fingerprint density at radius 2 is 1.94 bits per heavy atom. The molecule has 3 unspecified atom stereocenters. The first-order chi connectivity index (χ1) is 17.3. The van der Waals surface area contributed by atoms with Crippen LogP contribution in [0.1, 0.15) is 24.9 Å². The lowest BCUT2D eigenvalue weighted by molar-refractivity contribution is -0.154. The number of aliphatic hydroxyl groups excluding tert-OH is 1. The van der Waals surface area contributed by atoms with Gasteiger partial charge in [-0.25, -0.2) is 0 Å².